The summed E-state index contributed by atoms with van der Waals surface area (Å²) < 4.78 is 0. The number of fused-ring (bicyclic) bond motifs is 5. The summed E-state index contributed by atoms with van der Waals surface area (Å²) in [5, 5.41) is 17.0. The van der Waals surface area contributed by atoms with Crippen molar-refractivity contribution in [2.75, 3.05) is 26.2 Å². The summed E-state index contributed by atoms with van der Waals surface area (Å²) in [6, 6.07) is 0.335. The second-order valence-electron chi connectivity index (χ2n) is 13.0. The molecule has 0 spiro atoms. The molecule has 1 amide bonds. The van der Waals surface area contributed by atoms with E-state index in [-0.39, 0.29) is 18.6 Å². The third kappa shape index (κ3) is 5.24. The predicted octanol–water partition coefficient (Wildman–Crippen LogP) is 5.02. The van der Waals surface area contributed by atoms with Crippen LogP contribution in [-0.2, 0) is 9.63 Å². The number of aliphatic hydroxyl groups is 1. The van der Waals surface area contributed by atoms with Crippen molar-refractivity contribution in [2.45, 2.75) is 98.4 Å². The van der Waals surface area contributed by atoms with Crippen molar-refractivity contribution in [3.8, 4) is 0 Å². The monoisotopic (exact) mass is 503 g/mol. The molecule has 0 bridgehead atoms. The zero-order valence-corrected chi connectivity index (χ0v) is 23.2. The summed E-state index contributed by atoms with van der Waals surface area (Å²) in [5.41, 5.74) is 1.45. The average molecular weight is 504 g/mol. The number of oxime groups is 1. The summed E-state index contributed by atoms with van der Waals surface area (Å²) in [6.07, 6.45) is 9.41. The van der Waals surface area contributed by atoms with Gasteiger partial charge in [0.1, 0.15) is 5.78 Å². The van der Waals surface area contributed by atoms with Crippen molar-refractivity contribution in [3.63, 3.8) is 0 Å². The highest BCUT2D eigenvalue weighted by Crippen LogP contribution is 2.67. The SMILES string of the molecule is C/C(=N\OC(=O)N(CCO)CCNC(C)C)[C@H]1CC[C@H]2[C@@H]3CC[C@H]4CC(=O)CC[C@]4(C)[C@H]3CC[C@]12C. The van der Waals surface area contributed by atoms with Gasteiger partial charge in [-0.2, -0.15) is 0 Å². The van der Waals surface area contributed by atoms with Crippen molar-refractivity contribution >= 4 is 17.6 Å². The van der Waals surface area contributed by atoms with E-state index in [0.717, 1.165) is 43.2 Å². The van der Waals surface area contributed by atoms with E-state index in [9.17, 15) is 14.7 Å². The standard InChI is InChI=1S/C29H49N3O4/c1-19(2)30-14-15-32(16-17-33)27(35)36-31-20(3)24-8-9-25-23-7-6-21-18-22(34)10-12-28(21,4)26(23)11-13-29(24,25)5/h19,21,23-26,30,33H,6-18H2,1-5H3/b31-20+/t21-,23-,24+,25-,26-,28-,29+/m0/s1. The van der Waals surface area contributed by atoms with Crippen molar-refractivity contribution in [3.05, 3.63) is 0 Å². The normalized spacial score (nSPS) is 38.4. The molecule has 0 heterocycles. The van der Waals surface area contributed by atoms with E-state index < -0.39 is 6.09 Å². The van der Waals surface area contributed by atoms with E-state index in [1.165, 1.54) is 37.0 Å². The molecule has 4 fully saturated rings. The Hall–Kier alpha value is -1.47. The maximum Gasteiger partial charge on any atom is 0.436 e. The van der Waals surface area contributed by atoms with Gasteiger partial charge in [-0.25, -0.2) is 4.79 Å². The van der Waals surface area contributed by atoms with Gasteiger partial charge in [0, 0.05) is 44.4 Å². The van der Waals surface area contributed by atoms with Crippen LogP contribution in [0.15, 0.2) is 5.16 Å². The number of nitrogens with one attached hydrogen (secondary N) is 1. The van der Waals surface area contributed by atoms with Gasteiger partial charge in [-0.15, -0.1) is 0 Å². The van der Waals surface area contributed by atoms with Gasteiger partial charge >= 0.3 is 6.09 Å². The first-order chi connectivity index (χ1) is 17.1. The Balaban J connectivity index is 1.41. The van der Waals surface area contributed by atoms with Crippen LogP contribution in [0, 0.1) is 40.4 Å². The molecule has 7 atom stereocenters. The molecule has 7 heteroatoms. The largest absolute Gasteiger partial charge is 0.436 e. The van der Waals surface area contributed by atoms with Crippen LogP contribution in [0.1, 0.15) is 92.4 Å². The molecular weight excluding hydrogens is 454 g/mol. The molecule has 0 unspecified atom stereocenters. The zero-order chi connectivity index (χ0) is 26.1. The lowest BCUT2D eigenvalue weighted by Crippen LogP contribution is -2.53. The lowest BCUT2D eigenvalue weighted by molar-refractivity contribution is -0.138. The van der Waals surface area contributed by atoms with Gasteiger partial charge in [0.05, 0.1) is 12.3 Å². The molecule has 0 aromatic carbocycles. The molecule has 204 valence electrons. The van der Waals surface area contributed by atoms with E-state index in [0.29, 0.717) is 48.1 Å². The maximum absolute atomic E-state index is 12.7. The molecule has 36 heavy (non-hydrogen) atoms. The van der Waals surface area contributed by atoms with Crippen molar-refractivity contribution < 1.29 is 19.5 Å². The average Bonchev–Trinajstić information content (AvgIpc) is 3.19. The maximum atomic E-state index is 12.7. The van der Waals surface area contributed by atoms with Crippen LogP contribution in [0.2, 0.25) is 0 Å². The number of ketones is 1. The van der Waals surface area contributed by atoms with Crippen LogP contribution in [0.3, 0.4) is 0 Å². The van der Waals surface area contributed by atoms with E-state index in [1.54, 1.807) is 0 Å². The number of amides is 1. The molecule has 4 aliphatic rings. The van der Waals surface area contributed by atoms with Crippen LogP contribution in [-0.4, -0.2) is 59.9 Å². The second kappa shape index (κ2) is 11.1. The topological polar surface area (TPSA) is 91.2 Å². The fourth-order valence-corrected chi connectivity index (χ4v) is 8.87. The molecule has 0 aromatic heterocycles. The van der Waals surface area contributed by atoms with Crippen LogP contribution in [0.25, 0.3) is 0 Å². The van der Waals surface area contributed by atoms with E-state index in [2.05, 4.69) is 38.2 Å². The van der Waals surface area contributed by atoms with Crippen LogP contribution < -0.4 is 5.32 Å². The Labute approximate surface area is 217 Å². The molecule has 0 aliphatic heterocycles. The predicted molar refractivity (Wildman–Crippen MR) is 142 cm³/mol. The van der Waals surface area contributed by atoms with Gasteiger partial charge in [0.25, 0.3) is 0 Å². The first-order valence-electron chi connectivity index (χ1n) is 14.5. The van der Waals surface area contributed by atoms with Gasteiger partial charge in [0.15, 0.2) is 0 Å². The van der Waals surface area contributed by atoms with Gasteiger partial charge in [-0.1, -0.05) is 32.9 Å². The number of nitrogens with zero attached hydrogens (tertiary/aromatic N) is 2. The summed E-state index contributed by atoms with van der Waals surface area (Å²) in [7, 11) is 0. The van der Waals surface area contributed by atoms with E-state index in [4.69, 9.17) is 4.84 Å². The van der Waals surface area contributed by atoms with Crippen LogP contribution >= 0.6 is 0 Å². The number of Topliss-reactive ketones (excluding diaryl/α,β-unsaturated/α-hetero) is 1. The molecule has 4 saturated carbocycles. The van der Waals surface area contributed by atoms with Crippen molar-refractivity contribution in [1.29, 1.82) is 0 Å². The highest BCUT2D eigenvalue weighted by atomic mass is 16.7. The fraction of sp³-hybridized carbons (Fsp3) is 0.897. The Kier molecular flexibility index (Phi) is 8.50. The second-order valence-corrected chi connectivity index (χ2v) is 13.0. The third-order valence-corrected chi connectivity index (χ3v) is 10.8. The van der Waals surface area contributed by atoms with E-state index >= 15 is 0 Å². The molecule has 4 rings (SSSR count). The Bertz CT molecular complexity index is 844. The van der Waals surface area contributed by atoms with Crippen molar-refractivity contribution in [1.82, 2.24) is 10.2 Å². The highest BCUT2D eigenvalue weighted by molar-refractivity contribution is 5.85. The van der Waals surface area contributed by atoms with Crippen LogP contribution in [0.5, 0.6) is 0 Å². The Morgan fingerprint density at radius 2 is 1.86 bits per heavy atom. The van der Waals surface area contributed by atoms with Gasteiger partial charge in [-0.05, 0) is 86.4 Å². The highest BCUT2D eigenvalue weighted by Gasteiger charge is 2.60. The minimum atomic E-state index is -0.490. The Morgan fingerprint density at radius 3 is 2.58 bits per heavy atom. The van der Waals surface area contributed by atoms with Crippen molar-refractivity contribution in [2.24, 2.45) is 45.6 Å². The first-order valence-corrected chi connectivity index (χ1v) is 14.5. The fourth-order valence-electron chi connectivity index (χ4n) is 8.87. The smallest absolute Gasteiger partial charge is 0.395 e. The lowest BCUT2D eigenvalue weighted by Gasteiger charge is -2.60. The van der Waals surface area contributed by atoms with Gasteiger partial charge in [-0.3, -0.25) is 9.63 Å². The van der Waals surface area contributed by atoms with Gasteiger partial charge in [0.2, 0.25) is 0 Å². The minimum absolute atomic E-state index is 0.0989. The Morgan fingerprint density at radius 1 is 1.11 bits per heavy atom. The molecule has 0 saturated heterocycles. The van der Waals surface area contributed by atoms with Crippen LogP contribution in [0.4, 0.5) is 4.79 Å². The molecular formula is C29H49N3O4. The first kappa shape index (κ1) is 27.6. The quantitative estimate of drug-likeness (QED) is 0.276. The molecule has 2 N–H and O–H groups in total. The lowest BCUT2D eigenvalue weighted by atomic mass is 9.44. The summed E-state index contributed by atoms with van der Waals surface area (Å²) in [4.78, 5) is 31.8. The number of hydrogen-bond acceptors (Lipinski definition) is 6. The minimum Gasteiger partial charge on any atom is -0.395 e. The molecule has 4 aliphatic carbocycles. The zero-order valence-electron chi connectivity index (χ0n) is 23.2. The number of aliphatic hydroxyl groups excluding tert-OH is 1. The van der Waals surface area contributed by atoms with Gasteiger partial charge < -0.3 is 15.3 Å². The third-order valence-electron chi connectivity index (χ3n) is 10.8. The summed E-state index contributed by atoms with van der Waals surface area (Å²) in [5.74, 6) is 3.57. The summed E-state index contributed by atoms with van der Waals surface area (Å²) >= 11 is 0. The van der Waals surface area contributed by atoms with E-state index in [1.807, 2.05) is 6.92 Å². The number of carbonyl (C=O) groups excluding carboxylic acids is 2. The molecule has 7 nitrogen and oxygen atoms in total. The summed E-state index contributed by atoms with van der Waals surface area (Å²) in [6.45, 7) is 12.4. The molecule has 0 radical (unpaired) electrons. The molecule has 0 aromatic rings. The number of carbonyl (C=O) groups is 2. The number of hydrogen-bond donors (Lipinski definition) is 2. The number of rotatable bonds is 8.